The molecule has 2 rings (SSSR count). The number of hydrogen-bond acceptors (Lipinski definition) is 3. The molecule has 3 nitrogen and oxygen atoms in total. The van der Waals surface area contributed by atoms with Gasteiger partial charge in [-0.3, -0.25) is 4.79 Å². The molecule has 0 saturated carbocycles. The molecule has 18 heavy (non-hydrogen) atoms. The summed E-state index contributed by atoms with van der Waals surface area (Å²) in [5, 5.41) is 7.98. The lowest BCUT2D eigenvalue weighted by molar-refractivity contribution is -0.115. The van der Waals surface area contributed by atoms with Gasteiger partial charge in [0.05, 0.1) is 12.2 Å². The van der Waals surface area contributed by atoms with Crippen molar-refractivity contribution in [2.75, 3.05) is 11.9 Å². The fraction of sp³-hybridized carbons (Fsp3) is 0.154. The molecule has 1 aromatic carbocycles. The number of hydrogen-bond donors (Lipinski definition) is 2. The number of halogens is 1. The number of para-hydroxylation sites is 1. The quantitative estimate of drug-likeness (QED) is 0.886. The molecule has 1 aromatic heterocycles. The molecule has 1 heterocycles. The Morgan fingerprint density at radius 1 is 1.22 bits per heavy atom. The second kappa shape index (κ2) is 6.68. The monoisotopic (exact) mass is 324 g/mol. The van der Waals surface area contributed by atoms with E-state index >= 15 is 0 Å². The molecule has 0 aliphatic heterocycles. The van der Waals surface area contributed by atoms with Gasteiger partial charge in [0, 0.05) is 15.9 Å². The lowest BCUT2D eigenvalue weighted by atomic mass is 10.3. The fourth-order valence-electron chi connectivity index (χ4n) is 1.47. The molecule has 0 fully saturated rings. The van der Waals surface area contributed by atoms with Crippen LogP contribution >= 0.6 is 27.3 Å². The molecule has 1 amide bonds. The first-order valence-electron chi connectivity index (χ1n) is 5.53. The molecule has 94 valence electrons. The third-order valence-electron chi connectivity index (χ3n) is 2.31. The summed E-state index contributed by atoms with van der Waals surface area (Å²) in [4.78, 5) is 12.9. The van der Waals surface area contributed by atoms with E-state index in [1.807, 2.05) is 41.8 Å². The van der Waals surface area contributed by atoms with Gasteiger partial charge in [0.15, 0.2) is 0 Å². The number of anilines is 1. The minimum atomic E-state index is -0.0431. The largest absolute Gasteiger partial charge is 0.324 e. The fourth-order valence-corrected chi connectivity index (χ4v) is 2.53. The Morgan fingerprint density at radius 3 is 2.78 bits per heavy atom. The van der Waals surface area contributed by atoms with Crippen LogP contribution in [0.2, 0.25) is 0 Å². The number of amides is 1. The van der Waals surface area contributed by atoms with Crippen LogP contribution in [0.25, 0.3) is 0 Å². The summed E-state index contributed by atoms with van der Waals surface area (Å²) in [6.45, 7) is 1.03. The lowest BCUT2D eigenvalue weighted by Crippen LogP contribution is -2.27. The molecule has 0 atom stereocenters. The molecular weight excluding hydrogens is 312 g/mol. The van der Waals surface area contributed by atoms with E-state index in [1.54, 1.807) is 11.3 Å². The molecule has 0 spiro atoms. The number of rotatable bonds is 5. The average molecular weight is 325 g/mol. The highest BCUT2D eigenvalue weighted by atomic mass is 79.9. The maximum absolute atomic E-state index is 11.7. The SMILES string of the molecule is O=C(CNCc1cccs1)Nc1ccccc1Br. The molecule has 0 aliphatic carbocycles. The number of carbonyl (C=O) groups excluding carboxylic acids is 1. The van der Waals surface area contributed by atoms with E-state index in [-0.39, 0.29) is 5.91 Å². The summed E-state index contributed by atoms with van der Waals surface area (Å²) in [5.41, 5.74) is 0.792. The Labute approximate surface area is 118 Å². The molecule has 2 aromatic rings. The molecule has 0 unspecified atom stereocenters. The summed E-state index contributed by atoms with van der Waals surface area (Å²) >= 11 is 5.07. The minimum Gasteiger partial charge on any atom is -0.324 e. The Hall–Kier alpha value is -1.17. The van der Waals surface area contributed by atoms with Gasteiger partial charge in [-0.15, -0.1) is 11.3 Å². The van der Waals surface area contributed by atoms with E-state index in [9.17, 15) is 4.79 Å². The highest BCUT2D eigenvalue weighted by molar-refractivity contribution is 9.10. The Morgan fingerprint density at radius 2 is 2.06 bits per heavy atom. The first kappa shape index (κ1) is 13.3. The number of thiophene rings is 1. The van der Waals surface area contributed by atoms with Crippen molar-refractivity contribution < 1.29 is 4.79 Å². The third-order valence-corrected chi connectivity index (χ3v) is 3.88. The van der Waals surface area contributed by atoms with Gasteiger partial charge in [-0.05, 0) is 39.5 Å². The van der Waals surface area contributed by atoms with E-state index < -0.39 is 0 Å². The van der Waals surface area contributed by atoms with Crippen LogP contribution in [0.15, 0.2) is 46.3 Å². The van der Waals surface area contributed by atoms with E-state index in [0.717, 1.165) is 16.7 Å². The van der Waals surface area contributed by atoms with E-state index in [1.165, 1.54) is 4.88 Å². The van der Waals surface area contributed by atoms with Crippen LogP contribution in [0.1, 0.15) is 4.88 Å². The normalized spacial score (nSPS) is 10.3. The van der Waals surface area contributed by atoms with Crippen molar-refractivity contribution in [1.29, 1.82) is 0 Å². The molecule has 0 bridgehead atoms. The standard InChI is InChI=1S/C13H13BrN2OS/c14-11-5-1-2-6-12(11)16-13(17)9-15-8-10-4-3-7-18-10/h1-7,15H,8-9H2,(H,16,17). The summed E-state index contributed by atoms with van der Waals surface area (Å²) in [7, 11) is 0. The zero-order chi connectivity index (χ0) is 12.8. The van der Waals surface area contributed by atoms with E-state index in [4.69, 9.17) is 0 Å². The van der Waals surface area contributed by atoms with Crippen molar-refractivity contribution in [2.45, 2.75) is 6.54 Å². The number of nitrogens with one attached hydrogen (secondary N) is 2. The van der Waals surface area contributed by atoms with Crippen LogP contribution in [-0.2, 0) is 11.3 Å². The Balaban J connectivity index is 1.77. The van der Waals surface area contributed by atoms with Gasteiger partial charge < -0.3 is 10.6 Å². The summed E-state index contributed by atoms with van der Waals surface area (Å²) in [6.07, 6.45) is 0. The molecule has 5 heteroatoms. The molecule has 0 radical (unpaired) electrons. The van der Waals surface area contributed by atoms with Gasteiger partial charge >= 0.3 is 0 Å². The third kappa shape index (κ3) is 3.94. The van der Waals surface area contributed by atoms with Gasteiger partial charge in [-0.2, -0.15) is 0 Å². The van der Waals surface area contributed by atoms with Crippen LogP contribution in [-0.4, -0.2) is 12.5 Å². The second-order valence-electron chi connectivity index (χ2n) is 3.71. The number of benzene rings is 1. The van der Waals surface area contributed by atoms with Crippen molar-refractivity contribution >= 4 is 38.9 Å². The smallest absolute Gasteiger partial charge is 0.238 e. The van der Waals surface area contributed by atoms with Gasteiger partial charge in [0.1, 0.15) is 0 Å². The van der Waals surface area contributed by atoms with Crippen LogP contribution < -0.4 is 10.6 Å². The minimum absolute atomic E-state index is 0.0431. The average Bonchev–Trinajstić information content (AvgIpc) is 2.85. The highest BCUT2D eigenvalue weighted by Crippen LogP contribution is 2.20. The Bertz CT molecular complexity index is 513. The van der Waals surface area contributed by atoms with Gasteiger partial charge in [0.25, 0.3) is 0 Å². The predicted molar refractivity (Wildman–Crippen MR) is 78.8 cm³/mol. The zero-order valence-electron chi connectivity index (χ0n) is 9.65. The zero-order valence-corrected chi connectivity index (χ0v) is 12.1. The van der Waals surface area contributed by atoms with Crippen LogP contribution in [0.4, 0.5) is 5.69 Å². The van der Waals surface area contributed by atoms with Crippen molar-refractivity contribution in [3.8, 4) is 0 Å². The van der Waals surface area contributed by atoms with Crippen molar-refractivity contribution in [3.05, 3.63) is 51.1 Å². The predicted octanol–water partition coefficient (Wildman–Crippen LogP) is 3.24. The lowest BCUT2D eigenvalue weighted by Gasteiger charge is -2.07. The van der Waals surface area contributed by atoms with Crippen molar-refractivity contribution in [1.82, 2.24) is 5.32 Å². The first-order valence-corrected chi connectivity index (χ1v) is 7.20. The summed E-state index contributed by atoms with van der Waals surface area (Å²) in [6, 6.07) is 11.6. The van der Waals surface area contributed by atoms with Crippen molar-refractivity contribution in [3.63, 3.8) is 0 Å². The molecular formula is C13H13BrN2OS. The van der Waals surface area contributed by atoms with Crippen LogP contribution in [0.3, 0.4) is 0 Å². The van der Waals surface area contributed by atoms with Crippen LogP contribution in [0, 0.1) is 0 Å². The highest BCUT2D eigenvalue weighted by Gasteiger charge is 2.04. The molecule has 0 aliphatic rings. The second-order valence-corrected chi connectivity index (χ2v) is 5.60. The van der Waals surface area contributed by atoms with Gasteiger partial charge in [-0.1, -0.05) is 18.2 Å². The van der Waals surface area contributed by atoms with Crippen LogP contribution in [0.5, 0.6) is 0 Å². The maximum Gasteiger partial charge on any atom is 0.238 e. The van der Waals surface area contributed by atoms with Crippen molar-refractivity contribution in [2.24, 2.45) is 0 Å². The van der Waals surface area contributed by atoms with E-state index in [0.29, 0.717) is 6.54 Å². The maximum atomic E-state index is 11.7. The molecule has 0 saturated heterocycles. The summed E-state index contributed by atoms with van der Waals surface area (Å²) in [5.74, 6) is -0.0431. The first-order chi connectivity index (χ1) is 8.75. The summed E-state index contributed by atoms with van der Waals surface area (Å²) < 4.78 is 0.886. The Kier molecular flexibility index (Phi) is 4.92. The van der Waals surface area contributed by atoms with Gasteiger partial charge in [-0.25, -0.2) is 0 Å². The van der Waals surface area contributed by atoms with E-state index in [2.05, 4.69) is 26.6 Å². The van der Waals surface area contributed by atoms with Gasteiger partial charge in [0.2, 0.25) is 5.91 Å². The molecule has 2 N–H and O–H groups in total. The topological polar surface area (TPSA) is 41.1 Å². The number of carbonyl (C=O) groups is 1.